The van der Waals surface area contributed by atoms with Crippen molar-refractivity contribution in [2.24, 2.45) is 23.7 Å². The highest BCUT2D eigenvalue weighted by molar-refractivity contribution is 7.99. The molecule has 6 aliphatic rings. The minimum Gasteiger partial charge on any atom is -0.372 e. The zero-order chi connectivity index (χ0) is 52.6. The number of rotatable bonds is 16. The van der Waals surface area contributed by atoms with Crippen LogP contribution in [0, 0.1) is 35.3 Å². The lowest BCUT2D eigenvalue weighted by atomic mass is 9.83. The summed E-state index contributed by atoms with van der Waals surface area (Å²) >= 11 is 2.00. The summed E-state index contributed by atoms with van der Waals surface area (Å²) in [4.78, 5) is 60.9. The third-order valence-electron chi connectivity index (χ3n) is 17.6. The topological polar surface area (TPSA) is 105 Å². The summed E-state index contributed by atoms with van der Waals surface area (Å²) in [6.07, 6.45) is 18.6. The van der Waals surface area contributed by atoms with Gasteiger partial charge in [-0.1, -0.05) is 0 Å². The van der Waals surface area contributed by atoms with Crippen LogP contribution < -0.4 is 20.4 Å². The van der Waals surface area contributed by atoms with Crippen LogP contribution in [0.25, 0.3) is 0 Å². The second kappa shape index (κ2) is 28.0. The molecule has 4 saturated heterocycles. The molecular weight excluding hydrogens is 975 g/mol. The third-order valence-corrected chi connectivity index (χ3v) is 18.5. The fourth-order valence-electron chi connectivity index (χ4n) is 12.6. The molecule has 10 nitrogen and oxygen atoms in total. The van der Waals surface area contributed by atoms with E-state index in [2.05, 4.69) is 54.5 Å². The number of halogens is 2. The van der Waals surface area contributed by atoms with Gasteiger partial charge in [-0.2, -0.15) is 11.8 Å². The number of carbonyl (C=O) groups excluding carboxylic acids is 4. The second-order valence-corrected chi connectivity index (χ2v) is 23.9. The van der Waals surface area contributed by atoms with E-state index in [0.717, 1.165) is 141 Å². The van der Waals surface area contributed by atoms with E-state index in [-0.39, 0.29) is 58.9 Å². The molecule has 10 rings (SSSR count). The summed E-state index contributed by atoms with van der Waals surface area (Å²) in [7, 11) is 0. The molecule has 2 saturated carbocycles. The van der Waals surface area contributed by atoms with E-state index in [1.165, 1.54) is 92.1 Å². The van der Waals surface area contributed by atoms with Crippen molar-refractivity contribution in [2.75, 3.05) is 86.8 Å². The van der Waals surface area contributed by atoms with E-state index in [4.69, 9.17) is 0 Å². The van der Waals surface area contributed by atoms with E-state index in [0.29, 0.717) is 23.0 Å². The quantitative estimate of drug-likeness (QED) is 0.106. The highest BCUT2D eigenvalue weighted by Gasteiger charge is 2.30. The van der Waals surface area contributed by atoms with Crippen LogP contribution in [-0.2, 0) is 0 Å². The number of hydrogen-bond donors (Lipinski definition) is 2. The molecule has 4 heterocycles. The van der Waals surface area contributed by atoms with Crippen LogP contribution in [0.3, 0.4) is 0 Å². The summed E-state index contributed by atoms with van der Waals surface area (Å²) in [6, 6.07) is 28.7. The molecule has 0 atom stereocenters. The van der Waals surface area contributed by atoms with Gasteiger partial charge >= 0.3 is 0 Å². The fraction of sp³-hybridized carbons (Fsp3) is 0.556. The number of amides is 2. The number of likely N-dealkylation sites (tertiary alicyclic amines) is 2. The first-order chi connectivity index (χ1) is 37.1. The Hall–Kier alpha value is -5.11. The highest BCUT2D eigenvalue weighted by atomic mass is 32.2. The van der Waals surface area contributed by atoms with Crippen LogP contribution >= 0.6 is 11.8 Å². The molecule has 4 aromatic rings. The van der Waals surface area contributed by atoms with Gasteiger partial charge in [0.05, 0.1) is 0 Å². The van der Waals surface area contributed by atoms with Crippen LogP contribution in [-0.4, -0.2) is 122 Å². The number of nitrogens with zero attached hydrogens (tertiary/aromatic N) is 4. The number of carbonyl (C=O) groups is 4. The third kappa shape index (κ3) is 16.0. The average molecular weight is 1060 g/mol. The van der Waals surface area contributed by atoms with E-state index < -0.39 is 0 Å². The van der Waals surface area contributed by atoms with Gasteiger partial charge in [0.25, 0.3) is 11.8 Å². The molecule has 2 amide bonds. The Morgan fingerprint density at radius 3 is 1.16 bits per heavy atom. The van der Waals surface area contributed by atoms with Crippen LogP contribution in [0.15, 0.2) is 97.1 Å². The largest absolute Gasteiger partial charge is 0.372 e. The van der Waals surface area contributed by atoms with Crippen LogP contribution in [0.5, 0.6) is 0 Å². The number of ketones is 2. The van der Waals surface area contributed by atoms with Gasteiger partial charge in [-0.15, -0.1) is 0 Å². The first-order valence-electron chi connectivity index (χ1n) is 29.0. The fourth-order valence-corrected chi connectivity index (χ4v) is 13.5. The van der Waals surface area contributed by atoms with Crippen molar-refractivity contribution < 1.29 is 28.0 Å². The van der Waals surface area contributed by atoms with Crippen LogP contribution in [0.1, 0.15) is 151 Å². The smallest absolute Gasteiger partial charge is 0.251 e. The predicted molar refractivity (Wildman–Crippen MR) is 304 cm³/mol. The van der Waals surface area contributed by atoms with E-state index in [1.54, 1.807) is 24.3 Å². The number of thioether (sulfide) groups is 1. The van der Waals surface area contributed by atoms with Gasteiger partial charge in [0, 0.05) is 95.2 Å². The molecule has 2 aliphatic carbocycles. The van der Waals surface area contributed by atoms with Gasteiger partial charge in [0.2, 0.25) is 0 Å². The number of anilines is 2. The molecule has 0 radical (unpaired) electrons. The summed E-state index contributed by atoms with van der Waals surface area (Å²) in [6.45, 7) is 10.4. The molecule has 76 heavy (non-hydrogen) atoms. The Bertz CT molecular complexity index is 2280. The summed E-state index contributed by atoms with van der Waals surface area (Å²) in [5, 5.41) is 6.55. The lowest BCUT2D eigenvalue weighted by Crippen LogP contribution is -2.39. The highest BCUT2D eigenvalue weighted by Crippen LogP contribution is 2.32. The normalized spacial score (nSPS) is 23.2. The van der Waals surface area contributed by atoms with Crippen molar-refractivity contribution in [3.63, 3.8) is 0 Å². The SMILES string of the molecule is O=C(NC1CCC(CCN2CCC(C(=O)c3ccc(F)cc3)CC2)CC1)c1ccc(N2CCCCC2)cc1.O=C(N[C@H]1CC[C@H](CCN2CCC(C(=O)c3ccc(F)cc3)CC2)CC1)c1ccc(N2CCSCC2)cc1. The molecule has 0 spiro atoms. The van der Waals surface area contributed by atoms with Gasteiger partial charge in [-0.05, 0) is 257 Å². The molecule has 4 aromatic carbocycles. The summed E-state index contributed by atoms with van der Waals surface area (Å²) in [5.41, 5.74) is 5.21. The molecule has 0 unspecified atom stereocenters. The Balaban J connectivity index is 0.000000186. The van der Waals surface area contributed by atoms with E-state index in [1.807, 2.05) is 36.0 Å². The molecule has 0 bridgehead atoms. The predicted octanol–water partition coefficient (Wildman–Crippen LogP) is 11.7. The Morgan fingerprint density at radius 2 is 0.776 bits per heavy atom. The molecule has 13 heteroatoms. The zero-order valence-electron chi connectivity index (χ0n) is 44.8. The summed E-state index contributed by atoms with van der Waals surface area (Å²) < 4.78 is 26.3. The van der Waals surface area contributed by atoms with E-state index in [9.17, 15) is 28.0 Å². The van der Waals surface area contributed by atoms with Crippen LogP contribution in [0.2, 0.25) is 0 Å². The molecule has 408 valence electrons. The van der Waals surface area contributed by atoms with Gasteiger partial charge < -0.3 is 30.2 Å². The molecule has 6 fully saturated rings. The minimum absolute atomic E-state index is 0.0484. The number of nitrogens with one attached hydrogen (secondary N) is 2. The molecule has 4 aliphatic heterocycles. The van der Waals surface area contributed by atoms with Gasteiger partial charge in [-0.25, -0.2) is 8.78 Å². The van der Waals surface area contributed by atoms with Gasteiger partial charge in [-0.3, -0.25) is 19.2 Å². The van der Waals surface area contributed by atoms with Gasteiger partial charge in [0.1, 0.15) is 11.6 Å². The van der Waals surface area contributed by atoms with Crippen molar-refractivity contribution in [3.05, 3.63) is 131 Å². The number of hydrogen-bond acceptors (Lipinski definition) is 9. The molecule has 2 N–H and O–H groups in total. The Labute approximate surface area is 455 Å². The van der Waals surface area contributed by atoms with Crippen molar-refractivity contribution >= 4 is 46.5 Å². The lowest BCUT2D eigenvalue weighted by Gasteiger charge is -2.34. The maximum absolute atomic E-state index is 13.2. The summed E-state index contributed by atoms with van der Waals surface area (Å²) in [5.74, 6) is 3.68. The first kappa shape index (κ1) is 55.6. The van der Waals surface area contributed by atoms with Crippen molar-refractivity contribution in [3.8, 4) is 0 Å². The zero-order valence-corrected chi connectivity index (χ0v) is 45.6. The first-order valence-corrected chi connectivity index (χ1v) is 30.2. The van der Waals surface area contributed by atoms with E-state index >= 15 is 0 Å². The maximum atomic E-state index is 13.2. The van der Waals surface area contributed by atoms with Crippen molar-refractivity contribution in [1.82, 2.24) is 20.4 Å². The number of Topliss-reactive ketones (excluding diaryl/α,β-unsaturated/α-hetero) is 2. The van der Waals surface area contributed by atoms with Crippen molar-refractivity contribution in [2.45, 2.75) is 121 Å². The lowest BCUT2D eigenvalue weighted by molar-refractivity contribution is 0.0824. The standard InChI is InChI=1S/C32H42FN3O2.C31H40FN3O2S/c33-28-10-6-25(7-11-28)31(37)26-17-22-35(23-18-26)21-16-24-4-12-29(13-5-24)34-32(38)27-8-14-30(15-9-27)36-19-2-1-3-20-36;32-27-7-3-24(4-8-27)30(36)25-14-17-34(18-15-25)16-13-23-1-9-28(10-2-23)33-31(37)26-5-11-29(12-6-26)35-19-21-38-22-20-35/h6-11,14-15,24,26,29H,1-5,12-13,16-23H2,(H,34,38);3-8,11-12,23,25,28H,1-2,9-10,13-22H2,(H,33,37)/t;23-,28-. The minimum atomic E-state index is -0.301. The number of benzene rings is 4. The van der Waals surface area contributed by atoms with Crippen molar-refractivity contribution in [1.29, 1.82) is 0 Å². The van der Waals surface area contributed by atoms with Crippen LogP contribution in [0.4, 0.5) is 20.2 Å². The molecule has 0 aromatic heterocycles. The monoisotopic (exact) mass is 1060 g/mol. The molecular formula is C63H82F2N6O4S. The second-order valence-electron chi connectivity index (χ2n) is 22.7. The van der Waals surface area contributed by atoms with Gasteiger partial charge in [0.15, 0.2) is 11.6 Å². The average Bonchev–Trinajstić information content (AvgIpc) is 3.48. The Morgan fingerprint density at radius 1 is 0.421 bits per heavy atom. The number of piperidine rings is 3. The maximum Gasteiger partial charge on any atom is 0.251 e. The Kier molecular flexibility index (Phi) is 20.5.